The zero-order valence-corrected chi connectivity index (χ0v) is 19.1. The van der Waals surface area contributed by atoms with E-state index in [2.05, 4.69) is 29.2 Å². The van der Waals surface area contributed by atoms with Crippen LogP contribution in [0.5, 0.6) is 0 Å². The van der Waals surface area contributed by atoms with E-state index < -0.39 is 5.41 Å². The molecule has 2 heterocycles. The molecule has 0 amide bonds. The molecule has 1 aliphatic carbocycles. The Bertz CT molecular complexity index is 1010. The van der Waals surface area contributed by atoms with Crippen molar-refractivity contribution >= 4 is 28.9 Å². The van der Waals surface area contributed by atoms with E-state index in [1.807, 2.05) is 38.1 Å². The molecule has 162 valence electrons. The van der Waals surface area contributed by atoms with Crippen LogP contribution in [0, 0.1) is 16.7 Å². The Morgan fingerprint density at radius 1 is 1.00 bits per heavy atom. The zero-order valence-electron chi connectivity index (χ0n) is 18.4. The SMILES string of the molecule is CC1(C)CC(=O)C2(Cc3ccc(Cl)cc3N3CC[C@H](Cc4ccccc4)C[C@@H]32)C(=O)C1. The number of piperidine rings is 1. The van der Waals surface area contributed by atoms with Crippen LogP contribution in [0.15, 0.2) is 48.5 Å². The molecule has 2 aliphatic heterocycles. The van der Waals surface area contributed by atoms with Gasteiger partial charge in [-0.1, -0.05) is 61.8 Å². The van der Waals surface area contributed by atoms with E-state index >= 15 is 0 Å². The van der Waals surface area contributed by atoms with Crippen molar-refractivity contribution in [3.8, 4) is 0 Å². The number of nitrogens with zero attached hydrogens (tertiary/aromatic N) is 1. The Hall–Kier alpha value is -2.13. The molecule has 0 unspecified atom stereocenters. The fraction of sp³-hybridized carbons (Fsp3) is 0.481. The highest BCUT2D eigenvalue weighted by atomic mass is 35.5. The topological polar surface area (TPSA) is 37.4 Å². The number of carbonyl (C=O) groups is 2. The molecule has 2 atom stereocenters. The van der Waals surface area contributed by atoms with E-state index in [0.717, 1.165) is 37.1 Å². The van der Waals surface area contributed by atoms with Crippen molar-refractivity contribution in [2.75, 3.05) is 11.4 Å². The third kappa shape index (κ3) is 3.51. The highest BCUT2D eigenvalue weighted by Gasteiger charge is 2.60. The van der Waals surface area contributed by atoms with Crippen LogP contribution in [-0.2, 0) is 22.4 Å². The molecular formula is C27H30ClNO2. The van der Waals surface area contributed by atoms with Crippen molar-refractivity contribution in [2.45, 2.75) is 58.4 Å². The number of halogens is 1. The van der Waals surface area contributed by atoms with Crippen molar-refractivity contribution in [3.05, 3.63) is 64.7 Å². The maximum Gasteiger partial charge on any atom is 0.149 e. The number of Topliss-reactive ketones (excluding diaryl/α,β-unsaturated/α-hetero) is 2. The van der Waals surface area contributed by atoms with Gasteiger partial charge in [-0.15, -0.1) is 0 Å². The van der Waals surface area contributed by atoms with E-state index in [9.17, 15) is 9.59 Å². The molecule has 31 heavy (non-hydrogen) atoms. The van der Waals surface area contributed by atoms with Gasteiger partial charge in [-0.25, -0.2) is 0 Å². The summed E-state index contributed by atoms with van der Waals surface area (Å²) < 4.78 is 0. The predicted molar refractivity (Wildman–Crippen MR) is 125 cm³/mol. The van der Waals surface area contributed by atoms with Gasteiger partial charge in [0.1, 0.15) is 17.0 Å². The Morgan fingerprint density at radius 2 is 1.71 bits per heavy atom. The van der Waals surface area contributed by atoms with Gasteiger partial charge in [-0.2, -0.15) is 0 Å². The summed E-state index contributed by atoms with van der Waals surface area (Å²) in [5, 5.41) is 0.710. The van der Waals surface area contributed by atoms with Crippen LogP contribution < -0.4 is 4.90 Å². The van der Waals surface area contributed by atoms with Gasteiger partial charge in [0.2, 0.25) is 0 Å². The molecule has 5 rings (SSSR count). The maximum absolute atomic E-state index is 13.7. The summed E-state index contributed by atoms with van der Waals surface area (Å²) in [4.78, 5) is 29.8. The first-order valence-corrected chi connectivity index (χ1v) is 11.8. The van der Waals surface area contributed by atoms with Crippen LogP contribution in [0.1, 0.15) is 50.7 Å². The van der Waals surface area contributed by atoms with Crippen LogP contribution in [0.25, 0.3) is 0 Å². The molecule has 1 spiro atoms. The molecule has 2 aromatic carbocycles. The maximum atomic E-state index is 13.7. The summed E-state index contributed by atoms with van der Waals surface area (Å²) in [5.74, 6) is 0.756. The van der Waals surface area contributed by atoms with Gasteiger partial charge in [0.15, 0.2) is 0 Å². The van der Waals surface area contributed by atoms with Gasteiger partial charge in [-0.05, 0) is 60.3 Å². The first kappa shape index (κ1) is 20.8. The summed E-state index contributed by atoms with van der Waals surface area (Å²) >= 11 is 6.36. The van der Waals surface area contributed by atoms with Gasteiger partial charge in [-0.3, -0.25) is 9.59 Å². The normalized spacial score (nSPS) is 26.5. The number of anilines is 1. The Morgan fingerprint density at radius 3 is 2.42 bits per heavy atom. The van der Waals surface area contributed by atoms with Gasteiger partial charge in [0, 0.05) is 36.1 Å². The molecule has 4 heteroatoms. The van der Waals surface area contributed by atoms with Crippen molar-refractivity contribution in [1.82, 2.24) is 0 Å². The second-order valence-electron chi connectivity index (χ2n) is 10.6. The highest BCUT2D eigenvalue weighted by molar-refractivity contribution is 6.31. The smallest absolute Gasteiger partial charge is 0.149 e. The van der Waals surface area contributed by atoms with E-state index in [0.29, 0.717) is 30.2 Å². The minimum atomic E-state index is -0.911. The standard InChI is InChI=1S/C27H30ClNO2/c1-26(2)16-24(30)27(25(31)17-26)15-20-8-9-21(28)14-22(20)29-11-10-19(13-23(27)29)12-18-6-4-3-5-7-18/h3-9,14,19,23H,10-13,15-17H2,1-2H3/t19-,23-/m1/s1. The second kappa shape index (κ2) is 7.48. The number of benzene rings is 2. The Labute approximate surface area is 189 Å². The van der Waals surface area contributed by atoms with Gasteiger partial charge in [0.25, 0.3) is 0 Å². The predicted octanol–water partition coefficient (Wildman–Crippen LogP) is 5.67. The van der Waals surface area contributed by atoms with Gasteiger partial charge >= 0.3 is 0 Å². The summed E-state index contributed by atoms with van der Waals surface area (Å²) in [6, 6.07) is 16.4. The van der Waals surface area contributed by atoms with E-state index in [1.54, 1.807) is 0 Å². The molecule has 0 bridgehead atoms. The molecule has 1 saturated heterocycles. The summed E-state index contributed by atoms with van der Waals surface area (Å²) in [6.45, 7) is 4.95. The second-order valence-corrected chi connectivity index (χ2v) is 11.0. The monoisotopic (exact) mass is 435 g/mol. The quantitative estimate of drug-likeness (QED) is 0.570. The molecule has 0 radical (unpaired) electrons. The Balaban J connectivity index is 1.55. The van der Waals surface area contributed by atoms with Gasteiger partial charge in [0.05, 0.1) is 0 Å². The van der Waals surface area contributed by atoms with Crippen molar-refractivity contribution in [1.29, 1.82) is 0 Å². The van der Waals surface area contributed by atoms with Crippen LogP contribution in [-0.4, -0.2) is 24.2 Å². The lowest BCUT2D eigenvalue weighted by Gasteiger charge is -2.56. The first-order valence-electron chi connectivity index (χ1n) is 11.4. The fourth-order valence-corrected chi connectivity index (χ4v) is 6.44. The van der Waals surface area contributed by atoms with E-state index in [-0.39, 0.29) is 23.0 Å². The number of hydrogen-bond acceptors (Lipinski definition) is 3. The number of carbonyl (C=O) groups excluding carboxylic acids is 2. The largest absolute Gasteiger partial charge is 0.367 e. The molecule has 0 aromatic heterocycles. The summed E-state index contributed by atoms with van der Waals surface area (Å²) in [7, 11) is 0. The molecular weight excluding hydrogens is 406 g/mol. The molecule has 3 nitrogen and oxygen atoms in total. The number of ketones is 2. The first-order chi connectivity index (χ1) is 14.8. The Kier molecular flexibility index (Phi) is 5.01. The van der Waals surface area contributed by atoms with E-state index in [4.69, 9.17) is 11.6 Å². The number of hydrogen-bond donors (Lipinski definition) is 0. The molecule has 2 fully saturated rings. The lowest BCUT2D eigenvalue weighted by atomic mass is 9.55. The summed E-state index contributed by atoms with van der Waals surface area (Å²) in [6.07, 6.45) is 4.41. The minimum Gasteiger partial charge on any atom is -0.367 e. The lowest BCUT2D eigenvalue weighted by molar-refractivity contribution is -0.151. The molecule has 1 saturated carbocycles. The summed E-state index contributed by atoms with van der Waals surface area (Å²) in [5.41, 5.74) is 2.38. The van der Waals surface area contributed by atoms with Gasteiger partial charge < -0.3 is 4.90 Å². The van der Waals surface area contributed by atoms with Crippen LogP contribution in [0.4, 0.5) is 5.69 Å². The average molecular weight is 436 g/mol. The minimum absolute atomic E-state index is 0.0722. The van der Waals surface area contributed by atoms with Crippen molar-refractivity contribution in [3.63, 3.8) is 0 Å². The average Bonchev–Trinajstić information content (AvgIpc) is 2.72. The molecule has 0 N–H and O–H groups in total. The number of rotatable bonds is 2. The van der Waals surface area contributed by atoms with Crippen molar-refractivity contribution in [2.24, 2.45) is 16.7 Å². The highest BCUT2D eigenvalue weighted by Crippen LogP contribution is 2.53. The number of fused-ring (bicyclic) bond motifs is 4. The molecule has 2 aromatic rings. The van der Waals surface area contributed by atoms with Crippen molar-refractivity contribution < 1.29 is 9.59 Å². The molecule has 3 aliphatic rings. The van der Waals surface area contributed by atoms with Crippen LogP contribution in [0.3, 0.4) is 0 Å². The third-order valence-electron chi connectivity index (χ3n) is 7.75. The van der Waals surface area contributed by atoms with E-state index in [1.165, 1.54) is 5.56 Å². The third-order valence-corrected chi connectivity index (χ3v) is 7.98. The fourth-order valence-electron chi connectivity index (χ4n) is 6.27. The van der Waals surface area contributed by atoms with Crippen LogP contribution >= 0.6 is 11.6 Å². The zero-order chi connectivity index (χ0) is 21.8. The lowest BCUT2D eigenvalue weighted by Crippen LogP contribution is -2.65. The van der Waals surface area contributed by atoms with Crippen LogP contribution in [0.2, 0.25) is 5.02 Å².